The maximum atomic E-state index is 7.38. The fourth-order valence-corrected chi connectivity index (χ4v) is 1.42. The number of nitrogen functional groups attached to an aromatic ring is 1. The number of fused-ring (bicyclic) bond motifs is 1. The van der Waals surface area contributed by atoms with Gasteiger partial charge < -0.3 is 5.73 Å². The number of nitrogens with two attached hydrogens (primary N) is 1. The molecular formula is C9H11N5. The molecule has 2 heterocycles. The summed E-state index contributed by atoms with van der Waals surface area (Å²) in [6, 6.07) is 3.61. The number of rotatable bonds is 2. The second-order valence-electron chi connectivity index (χ2n) is 3.00. The second-order valence-corrected chi connectivity index (χ2v) is 3.00. The van der Waals surface area contributed by atoms with Gasteiger partial charge in [0.2, 0.25) is 0 Å². The Morgan fingerprint density at radius 2 is 2.36 bits per heavy atom. The predicted molar refractivity (Wildman–Crippen MR) is 53.4 cm³/mol. The van der Waals surface area contributed by atoms with E-state index in [1.807, 2.05) is 23.6 Å². The zero-order chi connectivity index (χ0) is 10.1. The van der Waals surface area contributed by atoms with Crippen molar-refractivity contribution in [1.82, 2.24) is 14.6 Å². The lowest BCUT2D eigenvalue weighted by atomic mass is 10.2. The van der Waals surface area contributed by atoms with Crippen LogP contribution in [-0.4, -0.2) is 20.4 Å². The molecule has 0 saturated heterocycles. The van der Waals surface area contributed by atoms with Crippen molar-refractivity contribution in [1.29, 1.82) is 5.41 Å². The lowest BCUT2D eigenvalue weighted by Crippen LogP contribution is -2.12. The third-order valence-corrected chi connectivity index (χ3v) is 2.11. The van der Waals surface area contributed by atoms with Gasteiger partial charge in [-0.2, -0.15) is 0 Å². The van der Waals surface area contributed by atoms with Gasteiger partial charge in [0.25, 0.3) is 0 Å². The summed E-state index contributed by atoms with van der Waals surface area (Å²) in [6.45, 7) is 2.01. The van der Waals surface area contributed by atoms with Crippen molar-refractivity contribution in [2.75, 3.05) is 0 Å². The first-order chi connectivity index (χ1) is 6.74. The summed E-state index contributed by atoms with van der Waals surface area (Å²) in [6.07, 6.45) is 2.68. The molecule has 0 aliphatic heterocycles. The molecule has 72 valence electrons. The monoisotopic (exact) mass is 189 g/mol. The lowest BCUT2D eigenvalue weighted by Gasteiger charge is -2.00. The molecule has 0 radical (unpaired) electrons. The molecule has 0 fully saturated rings. The Bertz CT molecular complexity index is 485. The molecule has 2 rings (SSSR count). The third-order valence-electron chi connectivity index (χ3n) is 2.11. The maximum absolute atomic E-state index is 7.38. The molecule has 14 heavy (non-hydrogen) atoms. The normalized spacial score (nSPS) is 10.6. The van der Waals surface area contributed by atoms with Crippen LogP contribution in [0.4, 0.5) is 0 Å². The Hall–Kier alpha value is -1.91. The van der Waals surface area contributed by atoms with Gasteiger partial charge >= 0.3 is 0 Å². The van der Waals surface area contributed by atoms with E-state index in [1.165, 1.54) is 0 Å². The molecule has 3 N–H and O–H groups in total. The van der Waals surface area contributed by atoms with Gasteiger partial charge in [0, 0.05) is 12.6 Å². The topological polar surface area (TPSA) is 80.1 Å². The molecule has 0 amide bonds. The van der Waals surface area contributed by atoms with Gasteiger partial charge in [-0.3, -0.25) is 9.81 Å². The highest BCUT2D eigenvalue weighted by Crippen LogP contribution is 2.09. The molecule has 0 aliphatic carbocycles. The predicted octanol–water partition coefficient (Wildman–Crippen LogP) is 0.576. The smallest absolute Gasteiger partial charge is 0.171 e. The van der Waals surface area contributed by atoms with Gasteiger partial charge in [-0.15, -0.1) is 10.2 Å². The van der Waals surface area contributed by atoms with Gasteiger partial charge in [-0.05, 0) is 12.1 Å². The minimum atomic E-state index is 0.0191. The zero-order valence-electron chi connectivity index (χ0n) is 7.86. The average Bonchev–Trinajstić information content (AvgIpc) is 2.59. The number of hydrogen-bond acceptors (Lipinski definition) is 3. The van der Waals surface area contributed by atoms with E-state index in [4.69, 9.17) is 11.1 Å². The Morgan fingerprint density at radius 3 is 3.00 bits per heavy atom. The molecule has 0 spiro atoms. The highest BCUT2D eigenvalue weighted by Gasteiger charge is 2.08. The highest BCUT2D eigenvalue weighted by atomic mass is 15.2. The van der Waals surface area contributed by atoms with Crippen LogP contribution in [0.25, 0.3) is 5.65 Å². The maximum Gasteiger partial charge on any atom is 0.171 e. The Balaban J connectivity index is 2.76. The van der Waals surface area contributed by atoms with Crippen molar-refractivity contribution >= 4 is 11.5 Å². The fourth-order valence-electron chi connectivity index (χ4n) is 1.42. The second kappa shape index (κ2) is 3.10. The first-order valence-corrected chi connectivity index (χ1v) is 4.41. The van der Waals surface area contributed by atoms with Crippen LogP contribution in [-0.2, 0) is 6.42 Å². The number of nitrogens with one attached hydrogen (secondary N) is 1. The molecule has 0 aliphatic rings. The number of nitrogens with zero attached hydrogens (tertiary/aromatic N) is 3. The molecule has 0 aromatic carbocycles. The Morgan fingerprint density at radius 1 is 1.57 bits per heavy atom. The van der Waals surface area contributed by atoms with Gasteiger partial charge in [-0.1, -0.05) is 6.92 Å². The number of amidine groups is 1. The molecule has 0 unspecified atom stereocenters. The summed E-state index contributed by atoms with van der Waals surface area (Å²) >= 11 is 0. The van der Waals surface area contributed by atoms with E-state index in [0.717, 1.165) is 12.2 Å². The van der Waals surface area contributed by atoms with Crippen molar-refractivity contribution in [3.05, 3.63) is 29.7 Å². The van der Waals surface area contributed by atoms with Crippen molar-refractivity contribution in [2.24, 2.45) is 5.73 Å². The fraction of sp³-hybridized carbons (Fsp3) is 0.222. The van der Waals surface area contributed by atoms with E-state index in [9.17, 15) is 0 Å². The van der Waals surface area contributed by atoms with E-state index < -0.39 is 0 Å². The molecular weight excluding hydrogens is 178 g/mol. The van der Waals surface area contributed by atoms with Crippen LogP contribution in [0.15, 0.2) is 18.3 Å². The van der Waals surface area contributed by atoms with E-state index in [0.29, 0.717) is 11.2 Å². The number of aromatic nitrogens is 3. The SMILES string of the molecule is CCc1nnc2c(C(=N)N)cccn12. The average molecular weight is 189 g/mol. The zero-order valence-corrected chi connectivity index (χ0v) is 7.86. The number of aryl methyl sites for hydroxylation is 1. The summed E-state index contributed by atoms with van der Waals surface area (Å²) in [7, 11) is 0. The molecule has 2 aromatic rings. The van der Waals surface area contributed by atoms with Gasteiger partial charge in [-0.25, -0.2) is 0 Å². The molecule has 0 atom stereocenters. The molecule has 0 bridgehead atoms. The van der Waals surface area contributed by atoms with E-state index in [2.05, 4.69) is 10.2 Å². The third kappa shape index (κ3) is 1.14. The number of pyridine rings is 1. The minimum Gasteiger partial charge on any atom is -0.384 e. The van der Waals surface area contributed by atoms with E-state index in [-0.39, 0.29) is 5.84 Å². The summed E-state index contributed by atoms with van der Waals surface area (Å²) in [5.41, 5.74) is 6.71. The summed E-state index contributed by atoms with van der Waals surface area (Å²) in [4.78, 5) is 0. The molecule has 5 nitrogen and oxygen atoms in total. The van der Waals surface area contributed by atoms with Crippen molar-refractivity contribution in [3.8, 4) is 0 Å². The van der Waals surface area contributed by atoms with Crippen LogP contribution in [0, 0.1) is 5.41 Å². The Labute approximate surface area is 81.1 Å². The quantitative estimate of drug-likeness (QED) is 0.535. The van der Waals surface area contributed by atoms with Crippen LogP contribution in [0.5, 0.6) is 0 Å². The van der Waals surface area contributed by atoms with Crippen molar-refractivity contribution in [2.45, 2.75) is 13.3 Å². The highest BCUT2D eigenvalue weighted by molar-refractivity contribution is 6.00. The van der Waals surface area contributed by atoms with E-state index >= 15 is 0 Å². The summed E-state index contributed by atoms with van der Waals surface area (Å²) < 4.78 is 1.86. The van der Waals surface area contributed by atoms with Gasteiger partial charge in [0.15, 0.2) is 5.65 Å². The largest absolute Gasteiger partial charge is 0.384 e. The molecule has 0 saturated carbocycles. The number of hydrogen-bond donors (Lipinski definition) is 2. The first-order valence-electron chi connectivity index (χ1n) is 4.41. The Kier molecular flexibility index (Phi) is 1.92. The summed E-state index contributed by atoms with van der Waals surface area (Å²) in [5, 5.41) is 15.4. The van der Waals surface area contributed by atoms with Crippen molar-refractivity contribution in [3.63, 3.8) is 0 Å². The van der Waals surface area contributed by atoms with Crippen LogP contribution < -0.4 is 5.73 Å². The van der Waals surface area contributed by atoms with Gasteiger partial charge in [0.1, 0.15) is 11.7 Å². The molecule has 5 heteroatoms. The first kappa shape index (κ1) is 8.68. The van der Waals surface area contributed by atoms with Crippen LogP contribution in [0.1, 0.15) is 18.3 Å². The molecule has 2 aromatic heterocycles. The van der Waals surface area contributed by atoms with Crippen LogP contribution in [0.2, 0.25) is 0 Å². The summed E-state index contributed by atoms with van der Waals surface area (Å²) in [5.74, 6) is 0.897. The standard InChI is InChI=1S/C9H11N5/c1-2-7-12-13-9-6(8(10)11)4-3-5-14(7)9/h3-5H,2H2,1H3,(H3,10,11). The van der Waals surface area contributed by atoms with Crippen LogP contribution >= 0.6 is 0 Å². The van der Waals surface area contributed by atoms with E-state index in [1.54, 1.807) is 6.07 Å². The minimum absolute atomic E-state index is 0.0191. The van der Waals surface area contributed by atoms with Crippen molar-refractivity contribution < 1.29 is 0 Å². The van der Waals surface area contributed by atoms with Crippen LogP contribution in [0.3, 0.4) is 0 Å². The van der Waals surface area contributed by atoms with Gasteiger partial charge in [0.05, 0.1) is 5.56 Å². The lowest BCUT2D eigenvalue weighted by molar-refractivity contribution is 0.909.